The van der Waals surface area contributed by atoms with Crippen LogP contribution in [0.3, 0.4) is 0 Å². The van der Waals surface area contributed by atoms with Crippen LogP contribution < -0.4 is 10.2 Å². The lowest BCUT2D eigenvalue weighted by molar-refractivity contribution is -0.243. The molecule has 4 aromatic rings. The summed E-state index contributed by atoms with van der Waals surface area (Å²) in [5.41, 5.74) is 1.76. The quantitative estimate of drug-likeness (QED) is 0.211. The van der Waals surface area contributed by atoms with Crippen LogP contribution >= 0.6 is 0 Å². The summed E-state index contributed by atoms with van der Waals surface area (Å²) in [5.74, 6) is -5.28. The first-order chi connectivity index (χ1) is 22.4. The number of amides is 3. The Morgan fingerprint density at radius 3 is 2.47 bits per heavy atom. The van der Waals surface area contributed by atoms with Gasteiger partial charge in [-0.25, -0.2) is 10.3 Å². The van der Waals surface area contributed by atoms with Crippen LogP contribution in [-0.2, 0) is 21.0 Å². The van der Waals surface area contributed by atoms with Gasteiger partial charge in [-0.3, -0.25) is 29.6 Å². The molecule has 0 aliphatic carbocycles. The molecule has 3 heterocycles. The van der Waals surface area contributed by atoms with E-state index in [4.69, 9.17) is 4.74 Å². The van der Waals surface area contributed by atoms with Crippen LogP contribution in [0.15, 0.2) is 79.1 Å². The second-order valence-electron chi connectivity index (χ2n) is 10.9. The maximum absolute atomic E-state index is 13.8. The van der Waals surface area contributed by atoms with Crippen LogP contribution in [0.25, 0.3) is 10.9 Å². The van der Waals surface area contributed by atoms with Gasteiger partial charge in [0.25, 0.3) is 11.8 Å². The molecule has 1 aliphatic heterocycles. The smallest absolute Gasteiger partial charge is 0.489 e. The van der Waals surface area contributed by atoms with Gasteiger partial charge in [0, 0.05) is 47.7 Å². The van der Waals surface area contributed by atoms with Crippen LogP contribution in [0.2, 0.25) is 0 Å². The Morgan fingerprint density at radius 1 is 1.04 bits per heavy atom. The van der Waals surface area contributed by atoms with E-state index in [1.165, 1.54) is 59.2 Å². The van der Waals surface area contributed by atoms with Crippen molar-refractivity contribution in [1.82, 2.24) is 25.4 Å². The number of hydroxylamine groups is 3. The van der Waals surface area contributed by atoms with Crippen molar-refractivity contribution in [2.45, 2.75) is 38.1 Å². The van der Waals surface area contributed by atoms with Crippen molar-refractivity contribution >= 4 is 34.6 Å². The number of para-hydroxylation sites is 1. The lowest BCUT2D eigenvalue weighted by atomic mass is 9.92. The van der Waals surface area contributed by atoms with Gasteiger partial charge in [-0.1, -0.05) is 18.2 Å². The third kappa shape index (κ3) is 7.30. The number of halogens is 3. The van der Waals surface area contributed by atoms with Crippen molar-refractivity contribution < 1.29 is 47.1 Å². The van der Waals surface area contributed by atoms with Crippen molar-refractivity contribution in [1.29, 1.82) is 0 Å². The molecule has 0 saturated carbocycles. The predicted octanol–water partition coefficient (Wildman–Crippen LogP) is 4.16. The van der Waals surface area contributed by atoms with E-state index in [2.05, 4.69) is 14.8 Å². The molecule has 244 valence electrons. The number of aryl methyl sites for hydroxylation is 1. The Hall–Kier alpha value is -5.57. The average Bonchev–Trinajstić information content (AvgIpc) is 3.49. The summed E-state index contributed by atoms with van der Waals surface area (Å²) in [7, 11) is 0. The monoisotopic (exact) mass is 651 g/mol. The molecule has 1 atom stereocenters. The molecular formula is C32H28F3N5O7. The lowest BCUT2D eigenvalue weighted by Crippen LogP contribution is -2.57. The molecular weight excluding hydrogens is 623 g/mol. The summed E-state index contributed by atoms with van der Waals surface area (Å²) in [6.07, 6.45) is -3.87. The second-order valence-corrected chi connectivity index (χ2v) is 10.9. The first-order valence-corrected chi connectivity index (χ1v) is 14.2. The highest BCUT2D eigenvalue weighted by Gasteiger charge is 2.53. The summed E-state index contributed by atoms with van der Waals surface area (Å²) in [5, 5.41) is 10.3. The van der Waals surface area contributed by atoms with Crippen LogP contribution in [0, 0.1) is 6.92 Å². The maximum atomic E-state index is 13.8. The number of hydrogen-bond acceptors (Lipinski definition) is 9. The molecule has 1 saturated heterocycles. The number of likely N-dealkylation sites (tertiary alicyclic amines) is 1. The molecule has 0 spiro atoms. The van der Waals surface area contributed by atoms with Gasteiger partial charge in [0.2, 0.25) is 5.91 Å². The Balaban J connectivity index is 1.42. The van der Waals surface area contributed by atoms with Gasteiger partial charge in [0.1, 0.15) is 17.9 Å². The molecule has 2 aromatic heterocycles. The van der Waals surface area contributed by atoms with Crippen molar-refractivity contribution in [2.75, 3.05) is 13.1 Å². The topological polar surface area (TPSA) is 151 Å². The summed E-state index contributed by atoms with van der Waals surface area (Å²) in [4.78, 5) is 65.7. The fourth-order valence-electron chi connectivity index (χ4n) is 5.40. The number of fused-ring (bicyclic) bond motifs is 1. The second kappa shape index (κ2) is 13.4. The molecule has 15 heteroatoms. The Labute approximate surface area is 265 Å². The van der Waals surface area contributed by atoms with Crippen LogP contribution in [0.5, 0.6) is 5.75 Å². The summed E-state index contributed by atoms with van der Waals surface area (Å²) in [6.45, 7) is 1.36. The molecule has 12 nitrogen and oxygen atoms in total. The normalized spacial score (nSPS) is 16.1. The number of hydrogen-bond donors (Lipinski definition) is 2. The first-order valence-electron chi connectivity index (χ1n) is 14.2. The molecule has 0 radical (unpaired) electrons. The first kappa shape index (κ1) is 32.8. The zero-order chi connectivity index (χ0) is 33.8. The molecule has 5 rings (SSSR count). The Morgan fingerprint density at radius 2 is 1.79 bits per heavy atom. The largest absolute Gasteiger partial charge is 0.493 e. The summed E-state index contributed by atoms with van der Waals surface area (Å²) >= 11 is 0. The molecule has 2 N–H and O–H groups in total. The number of pyridine rings is 2. The van der Waals surface area contributed by atoms with E-state index < -0.39 is 48.4 Å². The highest BCUT2D eigenvalue weighted by molar-refractivity contribution is 5.97. The van der Waals surface area contributed by atoms with E-state index in [0.29, 0.717) is 5.75 Å². The predicted molar refractivity (Wildman–Crippen MR) is 158 cm³/mol. The van der Waals surface area contributed by atoms with Gasteiger partial charge in [0.05, 0.1) is 17.5 Å². The Bertz CT molecular complexity index is 1800. The van der Waals surface area contributed by atoms with Crippen molar-refractivity contribution in [3.05, 3.63) is 102 Å². The van der Waals surface area contributed by atoms with Crippen molar-refractivity contribution in [3.63, 3.8) is 0 Å². The van der Waals surface area contributed by atoms with Gasteiger partial charge >= 0.3 is 12.1 Å². The fourth-order valence-corrected chi connectivity index (χ4v) is 5.40. The number of rotatable bonds is 8. The molecule has 47 heavy (non-hydrogen) atoms. The fraction of sp³-hybridized carbons (Fsp3) is 0.250. The number of nitrogens with one attached hydrogen (secondary N) is 1. The number of carbonyl (C=O) groups excluding carboxylic acids is 4. The van der Waals surface area contributed by atoms with Crippen molar-refractivity contribution in [3.8, 4) is 5.75 Å². The van der Waals surface area contributed by atoms with Gasteiger partial charge in [-0.05, 0) is 61.9 Å². The number of ether oxygens (including phenoxy) is 1. The SMILES string of the molecule is Cc1cc(COc2ccc(C(=O)N(OC(=O)C(F)(F)F)C3(CC(=O)NO)CCN(C(=O)c4cccnc4)C3)cc2)c2ccccc2n1. The number of benzene rings is 2. The van der Waals surface area contributed by atoms with Gasteiger partial charge in [-0.15, -0.1) is 0 Å². The van der Waals surface area contributed by atoms with E-state index in [-0.39, 0.29) is 35.8 Å². The van der Waals surface area contributed by atoms with Crippen LogP contribution in [0.4, 0.5) is 13.2 Å². The molecule has 1 aliphatic rings. The van der Waals surface area contributed by atoms with E-state index in [1.54, 1.807) is 0 Å². The molecule has 2 aromatic carbocycles. The number of aromatic nitrogens is 2. The Kier molecular flexibility index (Phi) is 9.37. The number of nitrogens with zero attached hydrogens (tertiary/aromatic N) is 4. The van der Waals surface area contributed by atoms with Crippen molar-refractivity contribution in [2.24, 2.45) is 0 Å². The standard InChI is InChI=1S/C32H28F3N5O7/c1-20-15-23(25-6-2-3-7-26(25)37-20)18-46-24-10-8-21(9-11-24)29(43)40(47-30(44)32(33,34)35)31(16-27(41)38-45)12-14-39(19-31)28(42)22-5-4-13-36-17-22/h2-11,13,15,17,45H,12,14,16,18-19H2,1H3,(H,38,41). The molecule has 1 fully saturated rings. The zero-order valence-electron chi connectivity index (χ0n) is 24.9. The zero-order valence-corrected chi connectivity index (χ0v) is 24.9. The minimum Gasteiger partial charge on any atom is -0.489 e. The van der Waals surface area contributed by atoms with E-state index in [9.17, 15) is 37.6 Å². The maximum Gasteiger partial charge on any atom is 0.493 e. The third-order valence-corrected chi connectivity index (χ3v) is 7.59. The molecule has 1 unspecified atom stereocenters. The van der Waals surface area contributed by atoms with Gasteiger partial charge in [-0.2, -0.15) is 18.2 Å². The average molecular weight is 652 g/mol. The summed E-state index contributed by atoms with van der Waals surface area (Å²) < 4.78 is 46.2. The number of alkyl halides is 3. The van der Waals surface area contributed by atoms with E-state index in [0.717, 1.165) is 22.2 Å². The van der Waals surface area contributed by atoms with Gasteiger partial charge < -0.3 is 14.5 Å². The van der Waals surface area contributed by atoms with E-state index in [1.807, 2.05) is 37.3 Å². The van der Waals surface area contributed by atoms with Crippen LogP contribution in [-0.4, -0.2) is 73.6 Å². The minimum atomic E-state index is -5.50. The highest BCUT2D eigenvalue weighted by Crippen LogP contribution is 2.35. The molecule has 3 amide bonds. The highest BCUT2D eigenvalue weighted by atomic mass is 19.4. The minimum absolute atomic E-state index is 0.129. The van der Waals surface area contributed by atoms with E-state index >= 15 is 0 Å². The molecule has 0 bridgehead atoms. The third-order valence-electron chi connectivity index (χ3n) is 7.59. The lowest BCUT2D eigenvalue weighted by Gasteiger charge is -2.38. The summed E-state index contributed by atoms with van der Waals surface area (Å²) in [6, 6.07) is 17.7. The van der Waals surface area contributed by atoms with Gasteiger partial charge in [0.15, 0.2) is 0 Å². The van der Waals surface area contributed by atoms with Crippen LogP contribution in [0.1, 0.15) is 44.8 Å². The number of carbonyl (C=O) groups is 4.